The van der Waals surface area contributed by atoms with Gasteiger partial charge in [0.2, 0.25) is 0 Å². The molecule has 7 heteroatoms. The van der Waals surface area contributed by atoms with E-state index in [1.807, 2.05) is 30.3 Å². The van der Waals surface area contributed by atoms with Crippen LogP contribution < -0.4 is 4.74 Å². The molecule has 1 fully saturated rings. The van der Waals surface area contributed by atoms with Crippen LogP contribution in [0.15, 0.2) is 42.5 Å². The Bertz CT molecular complexity index is 1140. The quantitative estimate of drug-likeness (QED) is 0.591. The Labute approximate surface area is 187 Å². The topological polar surface area (TPSA) is 67.0 Å². The van der Waals surface area contributed by atoms with E-state index in [-0.39, 0.29) is 6.10 Å². The summed E-state index contributed by atoms with van der Waals surface area (Å²) < 4.78 is 8.41. The van der Waals surface area contributed by atoms with E-state index in [4.69, 9.17) is 21.6 Å². The van der Waals surface area contributed by atoms with Crippen molar-refractivity contribution in [3.05, 3.63) is 70.3 Å². The molecule has 2 heterocycles. The Hall–Kier alpha value is -2.88. The molecule has 1 aliphatic heterocycles. The van der Waals surface area contributed by atoms with E-state index >= 15 is 0 Å². The maximum atomic E-state index is 9.10. The summed E-state index contributed by atoms with van der Waals surface area (Å²) in [5.41, 5.74) is 2.96. The molecule has 1 saturated carbocycles. The average Bonchev–Trinajstić information content (AvgIpc) is 3.11. The minimum atomic E-state index is 0.161. The first-order chi connectivity index (χ1) is 15.1. The molecule has 6 nitrogen and oxygen atoms in total. The molecule has 0 unspecified atom stereocenters. The van der Waals surface area contributed by atoms with Gasteiger partial charge in [-0.3, -0.25) is 9.47 Å². The Kier molecular flexibility index (Phi) is 5.39. The molecule has 0 bridgehead atoms. The lowest BCUT2D eigenvalue weighted by molar-refractivity contribution is 0.144. The molecule has 5 rings (SSSR count). The van der Waals surface area contributed by atoms with E-state index in [0.717, 1.165) is 66.9 Å². The maximum Gasteiger partial charge on any atom is 0.151 e. The first-order valence-corrected chi connectivity index (χ1v) is 11.1. The second-order valence-electron chi connectivity index (χ2n) is 8.49. The number of rotatable bonds is 3. The van der Waals surface area contributed by atoms with Crippen molar-refractivity contribution >= 4 is 11.6 Å². The number of nitriles is 1. The summed E-state index contributed by atoms with van der Waals surface area (Å²) in [5, 5.41) is 19.0. The van der Waals surface area contributed by atoms with Gasteiger partial charge in [0.15, 0.2) is 5.82 Å². The molecule has 0 spiro atoms. The number of hydrogen-bond donors (Lipinski definition) is 0. The summed E-state index contributed by atoms with van der Waals surface area (Å²) in [7, 11) is 2.10. The Morgan fingerprint density at radius 2 is 1.90 bits per heavy atom. The zero-order valence-electron chi connectivity index (χ0n) is 17.5. The van der Waals surface area contributed by atoms with Crippen molar-refractivity contribution < 1.29 is 4.74 Å². The van der Waals surface area contributed by atoms with Crippen molar-refractivity contribution in [2.75, 3.05) is 7.05 Å². The highest BCUT2D eigenvalue weighted by molar-refractivity contribution is 6.30. The van der Waals surface area contributed by atoms with Crippen molar-refractivity contribution in [3.8, 4) is 17.5 Å². The van der Waals surface area contributed by atoms with Crippen molar-refractivity contribution in [1.82, 2.24) is 19.7 Å². The largest absolute Gasteiger partial charge is 0.490 e. The Morgan fingerprint density at radius 1 is 1.06 bits per heavy atom. The van der Waals surface area contributed by atoms with Crippen LogP contribution in [-0.4, -0.2) is 32.8 Å². The molecule has 0 atom stereocenters. The molecule has 2 aromatic carbocycles. The molecule has 0 N–H and O–H groups in total. The summed E-state index contributed by atoms with van der Waals surface area (Å²) in [6.45, 7) is 1.59. The SMILES string of the molecule is CN1Cc2cc(Cl)ccc2-n2c(nnc2C2CCC(Oc3cccc(C#N)c3)CC2)C1. The number of aromatic nitrogens is 3. The molecule has 158 valence electrons. The van der Waals surface area contributed by atoms with Gasteiger partial charge >= 0.3 is 0 Å². The average molecular weight is 434 g/mol. The zero-order valence-corrected chi connectivity index (χ0v) is 18.2. The van der Waals surface area contributed by atoms with Crippen LogP contribution >= 0.6 is 11.6 Å². The molecule has 0 amide bonds. The Balaban J connectivity index is 1.36. The third kappa shape index (κ3) is 4.04. The molecular weight excluding hydrogens is 410 g/mol. The fourth-order valence-electron chi connectivity index (χ4n) is 4.72. The van der Waals surface area contributed by atoms with E-state index in [2.05, 4.69) is 38.8 Å². The van der Waals surface area contributed by atoms with Gasteiger partial charge in [-0.2, -0.15) is 5.26 Å². The summed E-state index contributed by atoms with van der Waals surface area (Å²) in [5.74, 6) is 3.13. The van der Waals surface area contributed by atoms with Gasteiger partial charge in [0.25, 0.3) is 0 Å². The van der Waals surface area contributed by atoms with Gasteiger partial charge in [-0.05, 0) is 74.7 Å². The molecule has 1 aromatic heterocycles. The molecule has 3 aromatic rings. The summed E-state index contributed by atoms with van der Waals surface area (Å²) in [6.07, 6.45) is 4.07. The molecule has 1 aliphatic carbocycles. The highest BCUT2D eigenvalue weighted by Gasteiger charge is 2.30. The van der Waals surface area contributed by atoms with Crippen LogP contribution in [0.5, 0.6) is 5.75 Å². The van der Waals surface area contributed by atoms with Crippen LogP contribution in [0.4, 0.5) is 0 Å². The first-order valence-electron chi connectivity index (χ1n) is 10.7. The van der Waals surface area contributed by atoms with Crippen LogP contribution in [0.25, 0.3) is 5.69 Å². The molecular formula is C24H24ClN5O. The predicted octanol–water partition coefficient (Wildman–Crippen LogP) is 4.84. The minimum absolute atomic E-state index is 0.161. The third-order valence-electron chi connectivity index (χ3n) is 6.19. The van der Waals surface area contributed by atoms with Crippen molar-refractivity contribution in [2.45, 2.75) is 50.8 Å². The number of nitrogens with zero attached hydrogens (tertiary/aromatic N) is 5. The molecule has 0 radical (unpaired) electrons. The first kappa shape index (κ1) is 20.0. The zero-order chi connectivity index (χ0) is 21.4. The molecule has 0 saturated heterocycles. The fourth-order valence-corrected chi connectivity index (χ4v) is 4.91. The van der Waals surface area contributed by atoms with E-state index in [1.54, 1.807) is 6.07 Å². The summed E-state index contributed by atoms with van der Waals surface area (Å²) in [6, 6.07) is 15.6. The second-order valence-corrected chi connectivity index (χ2v) is 8.92. The maximum absolute atomic E-state index is 9.10. The lowest BCUT2D eigenvalue weighted by Crippen LogP contribution is -2.25. The highest BCUT2D eigenvalue weighted by Crippen LogP contribution is 2.37. The van der Waals surface area contributed by atoms with E-state index in [0.29, 0.717) is 11.5 Å². The number of benzene rings is 2. The number of fused-ring (bicyclic) bond motifs is 3. The van der Waals surface area contributed by atoms with E-state index in [9.17, 15) is 0 Å². The van der Waals surface area contributed by atoms with Crippen molar-refractivity contribution in [3.63, 3.8) is 0 Å². The lowest BCUT2D eigenvalue weighted by Gasteiger charge is -2.29. The molecule has 2 aliphatic rings. The van der Waals surface area contributed by atoms with Gasteiger partial charge in [-0.25, -0.2) is 0 Å². The van der Waals surface area contributed by atoms with Crippen LogP contribution in [0.2, 0.25) is 5.02 Å². The van der Waals surface area contributed by atoms with Gasteiger partial charge in [0.05, 0.1) is 30.0 Å². The summed E-state index contributed by atoms with van der Waals surface area (Å²) >= 11 is 6.28. The summed E-state index contributed by atoms with van der Waals surface area (Å²) in [4.78, 5) is 2.24. The van der Waals surface area contributed by atoms with Crippen LogP contribution in [0.1, 0.15) is 54.4 Å². The lowest BCUT2D eigenvalue weighted by atomic mass is 9.86. The van der Waals surface area contributed by atoms with Crippen LogP contribution in [0.3, 0.4) is 0 Å². The van der Waals surface area contributed by atoms with Crippen molar-refractivity contribution in [1.29, 1.82) is 5.26 Å². The van der Waals surface area contributed by atoms with Crippen LogP contribution in [-0.2, 0) is 13.1 Å². The second kappa shape index (κ2) is 8.33. The van der Waals surface area contributed by atoms with Gasteiger partial charge in [-0.15, -0.1) is 10.2 Å². The van der Waals surface area contributed by atoms with Gasteiger partial charge in [0.1, 0.15) is 11.6 Å². The highest BCUT2D eigenvalue weighted by atomic mass is 35.5. The molecule has 31 heavy (non-hydrogen) atoms. The fraction of sp³-hybridized carbons (Fsp3) is 0.375. The van der Waals surface area contributed by atoms with Crippen LogP contribution in [0, 0.1) is 11.3 Å². The number of ether oxygens (including phenoxy) is 1. The van der Waals surface area contributed by atoms with Gasteiger partial charge in [-0.1, -0.05) is 17.7 Å². The standard InChI is InChI=1S/C24H24ClN5O/c1-29-14-18-12-19(25)7-10-22(18)30-23(15-29)27-28-24(30)17-5-8-20(9-6-17)31-21-4-2-3-16(11-21)13-26/h2-4,7,10-12,17,20H,5-6,8-9,14-15H2,1H3. The van der Waals surface area contributed by atoms with E-state index < -0.39 is 0 Å². The van der Waals surface area contributed by atoms with Gasteiger partial charge in [0, 0.05) is 17.5 Å². The van der Waals surface area contributed by atoms with Gasteiger partial charge < -0.3 is 4.74 Å². The smallest absolute Gasteiger partial charge is 0.151 e. The Morgan fingerprint density at radius 3 is 2.71 bits per heavy atom. The van der Waals surface area contributed by atoms with Crippen molar-refractivity contribution in [2.24, 2.45) is 0 Å². The van der Waals surface area contributed by atoms with E-state index in [1.165, 1.54) is 5.56 Å². The number of halogens is 1. The number of hydrogen-bond acceptors (Lipinski definition) is 5. The predicted molar refractivity (Wildman–Crippen MR) is 118 cm³/mol. The minimum Gasteiger partial charge on any atom is -0.490 e. The third-order valence-corrected chi connectivity index (χ3v) is 6.43. The monoisotopic (exact) mass is 433 g/mol. The normalized spacial score (nSPS) is 20.9.